The van der Waals surface area contributed by atoms with Crippen LogP contribution in [0.25, 0.3) is 0 Å². The molecule has 0 bridgehead atoms. The van der Waals surface area contributed by atoms with Crippen LogP contribution in [0.3, 0.4) is 0 Å². The summed E-state index contributed by atoms with van der Waals surface area (Å²) in [6.07, 6.45) is 0.698. The van der Waals surface area contributed by atoms with Gasteiger partial charge in [-0.1, -0.05) is 15.9 Å². The van der Waals surface area contributed by atoms with Gasteiger partial charge in [0.15, 0.2) is 5.75 Å². The molecule has 0 aliphatic heterocycles. The van der Waals surface area contributed by atoms with E-state index in [1.807, 2.05) is 6.92 Å². The molecule has 0 aliphatic carbocycles. The number of hydrogen-bond donors (Lipinski definition) is 0. The first-order valence-corrected chi connectivity index (χ1v) is 7.21. The van der Waals surface area contributed by atoms with Gasteiger partial charge in [0.25, 0.3) is 0 Å². The maximum absolute atomic E-state index is 10.9. The minimum absolute atomic E-state index is 0.0320. The van der Waals surface area contributed by atoms with Crippen molar-refractivity contribution in [3.8, 4) is 5.75 Å². The first-order chi connectivity index (χ1) is 9.08. The minimum atomic E-state index is -0.446. The predicted octanol–water partition coefficient (Wildman–Crippen LogP) is 3.74. The highest BCUT2D eigenvalue weighted by atomic mass is 79.9. The lowest BCUT2D eigenvalue weighted by molar-refractivity contribution is -0.385. The molecule has 2 aromatic rings. The molecule has 0 spiro atoms. The second kappa shape index (κ2) is 6.12. The number of nitrogens with zero attached hydrogens (tertiary/aromatic N) is 2. The molecule has 0 saturated heterocycles. The molecule has 1 heterocycles. The number of nitro groups is 1. The van der Waals surface area contributed by atoms with Gasteiger partial charge in [-0.15, -0.1) is 11.3 Å². The number of hydrogen-bond acceptors (Lipinski definition) is 5. The van der Waals surface area contributed by atoms with Gasteiger partial charge in [0.2, 0.25) is 0 Å². The fourth-order valence-corrected chi connectivity index (χ4v) is 2.69. The van der Waals surface area contributed by atoms with Crippen LogP contribution >= 0.6 is 27.3 Å². The average molecular weight is 343 g/mol. The van der Waals surface area contributed by atoms with Crippen molar-refractivity contribution >= 4 is 33.0 Å². The van der Waals surface area contributed by atoms with Gasteiger partial charge < -0.3 is 4.74 Å². The standard InChI is InChI=1S/C12H11BrN2O3S/c1-8-12(19-7-14-8)4-5-18-11-3-2-9(13)6-10(11)15(16)17/h2-3,6-7H,4-5H2,1H3. The Morgan fingerprint density at radius 3 is 2.95 bits per heavy atom. The monoisotopic (exact) mass is 342 g/mol. The van der Waals surface area contributed by atoms with Crippen LogP contribution in [-0.2, 0) is 6.42 Å². The zero-order valence-electron chi connectivity index (χ0n) is 10.1. The van der Waals surface area contributed by atoms with Gasteiger partial charge in [0.1, 0.15) is 0 Å². The smallest absolute Gasteiger partial charge is 0.312 e. The van der Waals surface area contributed by atoms with E-state index in [9.17, 15) is 10.1 Å². The minimum Gasteiger partial charge on any atom is -0.486 e. The lowest BCUT2D eigenvalue weighted by Gasteiger charge is -2.06. The number of aryl methyl sites for hydroxylation is 1. The van der Waals surface area contributed by atoms with Gasteiger partial charge in [-0.25, -0.2) is 4.98 Å². The summed E-state index contributed by atoms with van der Waals surface area (Å²) in [5.74, 6) is 0.287. The normalized spacial score (nSPS) is 10.4. The largest absolute Gasteiger partial charge is 0.486 e. The van der Waals surface area contributed by atoms with Crippen molar-refractivity contribution in [2.24, 2.45) is 0 Å². The van der Waals surface area contributed by atoms with E-state index in [0.717, 1.165) is 10.6 Å². The van der Waals surface area contributed by atoms with Crippen LogP contribution < -0.4 is 4.74 Å². The number of benzene rings is 1. The van der Waals surface area contributed by atoms with Gasteiger partial charge in [-0.2, -0.15) is 0 Å². The Bertz CT molecular complexity index is 600. The van der Waals surface area contributed by atoms with Crippen molar-refractivity contribution in [2.45, 2.75) is 13.3 Å². The van der Waals surface area contributed by atoms with E-state index in [4.69, 9.17) is 4.74 Å². The van der Waals surface area contributed by atoms with Gasteiger partial charge >= 0.3 is 5.69 Å². The third-order valence-electron chi connectivity index (χ3n) is 2.55. The topological polar surface area (TPSA) is 65.3 Å². The van der Waals surface area contributed by atoms with Crippen molar-refractivity contribution in [3.05, 3.63) is 48.9 Å². The van der Waals surface area contributed by atoms with E-state index < -0.39 is 4.92 Å². The Morgan fingerprint density at radius 2 is 2.32 bits per heavy atom. The Kier molecular flexibility index (Phi) is 4.49. The van der Waals surface area contributed by atoms with Gasteiger partial charge in [-0.3, -0.25) is 10.1 Å². The molecule has 0 atom stereocenters. The number of thiazole rings is 1. The molecular weight excluding hydrogens is 332 g/mol. The molecule has 0 amide bonds. The zero-order chi connectivity index (χ0) is 13.8. The van der Waals surface area contributed by atoms with Crippen molar-refractivity contribution in [1.82, 2.24) is 4.98 Å². The molecule has 0 N–H and O–H groups in total. The average Bonchev–Trinajstić information content (AvgIpc) is 2.77. The van der Waals surface area contributed by atoms with E-state index in [0.29, 0.717) is 17.5 Å². The maximum atomic E-state index is 10.9. The number of halogens is 1. The molecule has 0 fully saturated rings. The molecule has 100 valence electrons. The Balaban J connectivity index is 2.03. The van der Waals surface area contributed by atoms with E-state index in [1.54, 1.807) is 29.0 Å². The van der Waals surface area contributed by atoms with Crippen LogP contribution in [-0.4, -0.2) is 16.5 Å². The van der Waals surface area contributed by atoms with Crippen LogP contribution in [0.15, 0.2) is 28.2 Å². The Hall–Kier alpha value is -1.47. The molecule has 19 heavy (non-hydrogen) atoms. The number of ether oxygens (including phenoxy) is 1. The maximum Gasteiger partial charge on any atom is 0.312 e. The summed E-state index contributed by atoms with van der Waals surface area (Å²) in [7, 11) is 0. The second-order valence-electron chi connectivity index (χ2n) is 3.83. The summed E-state index contributed by atoms with van der Waals surface area (Å²) in [6.45, 7) is 2.33. The van der Waals surface area contributed by atoms with Crippen LogP contribution in [0.4, 0.5) is 5.69 Å². The fourth-order valence-electron chi connectivity index (χ4n) is 1.58. The molecule has 1 aromatic heterocycles. The van der Waals surface area contributed by atoms with Gasteiger partial charge in [0, 0.05) is 21.8 Å². The molecule has 7 heteroatoms. The lowest BCUT2D eigenvalue weighted by atomic mass is 10.3. The summed E-state index contributed by atoms with van der Waals surface area (Å²) in [5, 5.41) is 10.9. The number of aromatic nitrogens is 1. The summed E-state index contributed by atoms with van der Waals surface area (Å²) in [4.78, 5) is 15.8. The van der Waals surface area contributed by atoms with E-state index >= 15 is 0 Å². The van der Waals surface area contributed by atoms with Crippen molar-refractivity contribution < 1.29 is 9.66 Å². The van der Waals surface area contributed by atoms with Crippen LogP contribution in [0.1, 0.15) is 10.6 Å². The van der Waals surface area contributed by atoms with E-state index in [2.05, 4.69) is 20.9 Å². The third kappa shape index (κ3) is 3.51. The summed E-state index contributed by atoms with van der Waals surface area (Å²) in [5.41, 5.74) is 2.74. The highest BCUT2D eigenvalue weighted by molar-refractivity contribution is 9.10. The first-order valence-electron chi connectivity index (χ1n) is 5.53. The summed E-state index contributed by atoms with van der Waals surface area (Å²) in [6, 6.07) is 4.76. The highest BCUT2D eigenvalue weighted by Gasteiger charge is 2.15. The second-order valence-corrected chi connectivity index (χ2v) is 5.68. The highest BCUT2D eigenvalue weighted by Crippen LogP contribution is 2.30. The third-order valence-corrected chi connectivity index (χ3v) is 4.04. The first kappa shape index (κ1) is 14.0. The Morgan fingerprint density at radius 1 is 1.53 bits per heavy atom. The van der Waals surface area contributed by atoms with Crippen molar-refractivity contribution in [3.63, 3.8) is 0 Å². The molecule has 0 unspecified atom stereocenters. The molecule has 2 rings (SSSR count). The SMILES string of the molecule is Cc1ncsc1CCOc1ccc(Br)cc1[N+](=O)[O-]. The predicted molar refractivity (Wildman–Crippen MR) is 76.8 cm³/mol. The van der Waals surface area contributed by atoms with Crippen molar-refractivity contribution in [2.75, 3.05) is 6.61 Å². The molecule has 5 nitrogen and oxygen atoms in total. The number of nitro benzene ring substituents is 1. The van der Waals surface area contributed by atoms with Crippen molar-refractivity contribution in [1.29, 1.82) is 0 Å². The molecule has 0 radical (unpaired) electrons. The van der Waals surface area contributed by atoms with Gasteiger partial charge in [-0.05, 0) is 19.1 Å². The van der Waals surface area contributed by atoms with E-state index in [-0.39, 0.29) is 11.4 Å². The molecule has 0 aliphatic rings. The molecule has 0 saturated carbocycles. The summed E-state index contributed by atoms with van der Waals surface area (Å²) >= 11 is 4.77. The number of rotatable bonds is 5. The fraction of sp³-hybridized carbons (Fsp3) is 0.250. The van der Waals surface area contributed by atoms with Crippen LogP contribution in [0.2, 0.25) is 0 Å². The quantitative estimate of drug-likeness (QED) is 0.613. The summed E-state index contributed by atoms with van der Waals surface area (Å²) < 4.78 is 6.16. The lowest BCUT2D eigenvalue weighted by Crippen LogP contribution is -2.03. The molecular formula is C12H11BrN2O3S. The molecule has 1 aromatic carbocycles. The van der Waals surface area contributed by atoms with Crippen LogP contribution in [0, 0.1) is 17.0 Å². The Labute approximate surface area is 122 Å². The van der Waals surface area contributed by atoms with E-state index in [1.165, 1.54) is 6.07 Å². The van der Waals surface area contributed by atoms with Crippen LogP contribution in [0.5, 0.6) is 5.75 Å². The zero-order valence-corrected chi connectivity index (χ0v) is 12.5. The van der Waals surface area contributed by atoms with Gasteiger partial charge in [0.05, 0.1) is 22.7 Å².